The van der Waals surface area contributed by atoms with Gasteiger partial charge in [0.1, 0.15) is 17.1 Å². The van der Waals surface area contributed by atoms with E-state index >= 15 is 0 Å². The van der Waals surface area contributed by atoms with E-state index in [1.165, 1.54) is 17.5 Å². The number of carbonyl (C=O) groups excluding carboxylic acids is 3. The Morgan fingerprint density at radius 1 is 1.05 bits per heavy atom. The van der Waals surface area contributed by atoms with Crippen molar-refractivity contribution in [3.8, 4) is 11.5 Å². The van der Waals surface area contributed by atoms with E-state index in [4.69, 9.17) is 19.2 Å². The predicted molar refractivity (Wildman–Crippen MR) is 238 cm³/mol. The number of nitrogens with zero attached hydrogens (tertiary/aromatic N) is 4. The van der Waals surface area contributed by atoms with Crippen molar-refractivity contribution in [1.29, 1.82) is 0 Å². The monoisotopic (exact) mass is 858 g/mol. The van der Waals surface area contributed by atoms with Crippen LogP contribution in [0.4, 0.5) is 5.69 Å². The molecular formula is C47H66N6O7S. The number of carbonyl (C=O) groups is 3. The standard InChI is InChI=1S/C47H66N6O7S/c1-3-36(4-2)45-49-39(32-61-45)46(57)52-25-28-60-47(33-52)18-22-51(23-19-47)30-35-10-8-9-34(29-35)16-26-58-27-17-42(56)53(38-11-6-5-7-12-38)24-21-48-20-15-37-13-14-40(54)43-44(37)59-31-41(55)50-43/h8-10,13-14,29,32,36,38,48,54H,3-7,11-12,15-28,30-31,33H2,1-2H3,(H,50,55). The van der Waals surface area contributed by atoms with E-state index in [2.05, 4.69) is 58.5 Å². The first-order valence-electron chi connectivity index (χ1n) is 22.8. The molecule has 3 fully saturated rings. The molecule has 2 aromatic carbocycles. The van der Waals surface area contributed by atoms with Crippen LogP contribution in [0.15, 0.2) is 41.8 Å². The Morgan fingerprint density at radius 3 is 2.66 bits per heavy atom. The molecule has 61 heavy (non-hydrogen) atoms. The van der Waals surface area contributed by atoms with Crippen LogP contribution >= 0.6 is 11.3 Å². The van der Waals surface area contributed by atoms with Gasteiger partial charge >= 0.3 is 0 Å². The third-order valence-corrected chi connectivity index (χ3v) is 14.0. The topological polar surface area (TPSA) is 146 Å². The molecule has 0 radical (unpaired) electrons. The molecule has 0 atom stereocenters. The minimum atomic E-state index is -0.294. The van der Waals surface area contributed by atoms with Crippen LogP contribution in [0.2, 0.25) is 0 Å². The number of hydrogen-bond donors (Lipinski definition) is 3. The molecule has 3 amide bonds. The van der Waals surface area contributed by atoms with Gasteiger partial charge < -0.3 is 39.8 Å². The van der Waals surface area contributed by atoms with Crippen LogP contribution in [0.3, 0.4) is 0 Å². The number of thiazole rings is 1. The Hall–Kier alpha value is -4.08. The molecule has 3 N–H and O–H groups in total. The highest BCUT2D eigenvalue weighted by molar-refractivity contribution is 7.09. The van der Waals surface area contributed by atoms with Crippen molar-refractivity contribution in [2.75, 3.05) is 77.6 Å². The van der Waals surface area contributed by atoms with E-state index in [1.807, 2.05) is 16.3 Å². The molecule has 3 aliphatic heterocycles. The highest BCUT2D eigenvalue weighted by atomic mass is 32.1. The lowest BCUT2D eigenvalue weighted by Gasteiger charge is -2.47. The Morgan fingerprint density at radius 2 is 1.85 bits per heavy atom. The number of aromatic hydroxyl groups is 1. The fraction of sp³-hybridized carbons (Fsp3) is 0.617. The van der Waals surface area contributed by atoms with Crippen LogP contribution < -0.4 is 15.4 Å². The molecular weight excluding hydrogens is 793 g/mol. The van der Waals surface area contributed by atoms with E-state index in [0.29, 0.717) is 88.4 Å². The molecule has 0 unspecified atom stereocenters. The second-order valence-electron chi connectivity index (χ2n) is 17.2. The maximum atomic E-state index is 13.6. The normalized spacial score (nSPS) is 18.2. The third kappa shape index (κ3) is 11.9. The van der Waals surface area contributed by atoms with Crippen LogP contribution in [-0.2, 0) is 38.4 Å². The van der Waals surface area contributed by atoms with Gasteiger partial charge in [0.05, 0.1) is 43.4 Å². The third-order valence-electron chi connectivity index (χ3n) is 13.0. The van der Waals surface area contributed by atoms with Crippen LogP contribution in [0.1, 0.15) is 116 Å². The van der Waals surface area contributed by atoms with Crippen molar-refractivity contribution in [1.82, 2.24) is 25.0 Å². The number of hydrogen-bond acceptors (Lipinski definition) is 11. The van der Waals surface area contributed by atoms with Gasteiger partial charge in [-0.25, -0.2) is 4.98 Å². The number of nitrogens with one attached hydrogen (secondary N) is 2. The summed E-state index contributed by atoms with van der Waals surface area (Å²) in [4.78, 5) is 50.1. The zero-order chi connectivity index (χ0) is 42.6. The minimum Gasteiger partial charge on any atom is -0.506 e. The second-order valence-corrected chi connectivity index (χ2v) is 18.1. The summed E-state index contributed by atoms with van der Waals surface area (Å²) in [6.45, 7) is 11.8. The van der Waals surface area contributed by atoms with E-state index in [0.717, 1.165) is 88.0 Å². The molecule has 14 heteroatoms. The van der Waals surface area contributed by atoms with Crippen LogP contribution in [0, 0.1) is 0 Å². The van der Waals surface area contributed by atoms with Crippen molar-refractivity contribution in [2.24, 2.45) is 0 Å². The highest BCUT2D eigenvalue weighted by Crippen LogP contribution is 2.39. The van der Waals surface area contributed by atoms with Crippen molar-refractivity contribution in [3.05, 3.63) is 69.2 Å². The van der Waals surface area contributed by atoms with Gasteiger partial charge in [0, 0.05) is 56.6 Å². The smallest absolute Gasteiger partial charge is 0.273 e. The quantitative estimate of drug-likeness (QED) is 0.0899. The molecule has 4 heterocycles. The lowest BCUT2D eigenvalue weighted by Crippen LogP contribution is -2.58. The van der Waals surface area contributed by atoms with Crippen LogP contribution in [-0.4, -0.2) is 126 Å². The molecule has 1 aliphatic carbocycles. The van der Waals surface area contributed by atoms with Crippen molar-refractivity contribution < 1.29 is 33.7 Å². The predicted octanol–water partition coefficient (Wildman–Crippen LogP) is 6.53. The molecule has 7 rings (SSSR count). The van der Waals surface area contributed by atoms with Gasteiger partial charge in [-0.15, -0.1) is 11.3 Å². The molecule has 0 bridgehead atoms. The van der Waals surface area contributed by atoms with Gasteiger partial charge in [-0.1, -0.05) is 63.4 Å². The fourth-order valence-corrected chi connectivity index (χ4v) is 10.5. The molecule has 332 valence electrons. The largest absolute Gasteiger partial charge is 0.506 e. The lowest BCUT2D eigenvalue weighted by atomic mass is 9.89. The summed E-state index contributed by atoms with van der Waals surface area (Å²) in [5, 5.41) is 19.4. The number of anilines is 1. The van der Waals surface area contributed by atoms with Gasteiger partial charge in [-0.2, -0.15) is 0 Å². The minimum absolute atomic E-state index is 0.00393. The summed E-state index contributed by atoms with van der Waals surface area (Å²) in [5.41, 5.74) is 4.04. The second kappa shape index (κ2) is 21.8. The first-order valence-corrected chi connectivity index (χ1v) is 23.7. The Labute approximate surface area is 365 Å². The number of benzene rings is 2. The molecule has 2 saturated heterocycles. The number of rotatable bonds is 19. The summed E-state index contributed by atoms with van der Waals surface area (Å²) in [7, 11) is 0. The zero-order valence-corrected chi connectivity index (χ0v) is 37.1. The Bertz CT molecular complexity index is 1920. The average Bonchev–Trinajstić information content (AvgIpc) is 3.77. The van der Waals surface area contributed by atoms with Gasteiger partial charge in [0.25, 0.3) is 11.8 Å². The fourth-order valence-electron chi connectivity index (χ4n) is 9.41. The summed E-state index contributed by atoms with van der Waals surface area (Å²) in [6, 6.07) is 12.4. The SMILES string of the molecule is CCC(CC)c1nc(C(=O)N2CCOC3(CCN(Cc4cccc(CCOCCC(=O)N(CCNCCc5ccc(O)c6c5OCC(=O)N6)C5CCCCC5)c4)CC3)C2)cs1. The Balaban J connectivity index is 0.811. The molecule has 1 spiro atoms. The van der Waals surface area contributed by atoms with E-state index in [1.54, 1.807) is 17.4 Å². The van der Waals surface area contributed by atoms with Crippen LogP contribution in [0.5, 0.6) is 11.5 Å². The summed E-state index contributed by atoms with van der Waals surface area (Å²) >= 11 is 1.61. The first-order chi connectivity index (χ1) is 29.7. The van der Waals surface area contributed by atoms with E-state index in [9.17, 15) is 19.5 Å². The molecule has 1 saturated carbocycles. The number of phenolic OH excluding ortho intramolecular Hbond substituents is 1. The molecule has 1 aromatic heterocycles. The van der Waals surface area contributed by atoms with Crippen LogP contribution in [0.25, 0.3) is 0 Å². The van der Waals surface area contributed by atoms with Gasteiger partial charge in [-0.05, 0) is 80.7 Å². The number of likely N-dealkylation sites (tertiary alicyclic amines) is 1. The highest BCUT2D eigenvalue weighted by Gasteiger charge is 2.41. The van der Waals surface area contributed by atoms with E-state index in [-0.39, 0.29) is 41.7 Å². The molecule has 13 nitrogen and oxygen atoms in total. The van der Waals surface area contributed by atoms with Crippen molar-refractivity contribution >= 4 is 34.7 Å². The average molecular weight is 859 g/mol. The number of amides is 3. The summed E-state index contributed by atoms with van der Waals surface area (Å²) < 4.78 is 18.1. The first kappa shape index (κ1) is 45.0. The summed E-state index contributed by atoms with van der Waals surface area (Å²) in [6.07, 6.45) is 11.3. The summed E-state index contributed by atoms with van der Waals surface area (Å²) in [5.74, 6) is 0.843. The zero-order valence-electron chi connectivity index (χ0n) is 36.3. The number of piperidine rings is 1. The van der Waals surface area contributed by atoms with Gasteiger partial charge in [0.2, 0.25) is 5.91 Å². The number of ether oxygens (including phenoxy) is 3. The number of aromatic nitrogens is 1. The van der Waals surface area contributed by atoms with E-state index < -0.39 is 0 Å². The maximum absolute atomic E-state index is 13.6. The lowest BCUT2D eigenvalue weighted by molar-refractivity contribution is -0.135. The molecule has 4 aliphatic rings. The Kier molecular flexibility index (Phi) is 16.1. The number of morpholine rings is 1. The molecule has 3 aromatic rings. The van der Waals surface area contributed by atoms with Gasteiger partial charge in [0.15, 0.2) is 12.4 Å². The number of fused-ring (bicyclic) bond motifs is 1. The number of phenols is 1. The maximum Gasteiger partial charge on any atom is 0.273 e. The van der Waals surface area contributed by atoms with Gasteiger partial charge in [-0.3, -0.25) is 19.3 Å². The van der Waals surface area contributed by atoms with Crippen molar-refractivity contribution in [3.63, 3.8) is 0 Å². The van der Waals surface area contributed by atoms with Crippen molar-refractivity contribution in [2.45, 2.75) is 115 Å².